The van der Waals surface area contributed by atoms with Crippen molar-refractivity contribution in [2.75, 3.05) is 6.61 Å². The fraction of sp³-hybridized carbons (Fsp3) is 0.500. The minimum absolute atomic E-state index is 0.0358. The van der Waals surface area contributed by atoms with Crippen molar-refractivity contribution in [2.24, 2.45) is 5.18 Å². The third kappa shape index (κ3) is 1.06. The van der Waals surface area contributed by atoms with E-state index in [1.54, 1.807) is 6.26 Å². The first-order valence-electron chi connectivity index (χ1n) is 3.71. The zero-order valence-corrected chi connectivity index (χ0v) is 6.12. The van der Waals surface area contributed by atoms with Gasteiger partial charge < -0.3 is 4.74 Å². The third-order valence-electron chi connectivity index (χ3n) is 2.16. The van der Waals surface area contributed by atoms with E-state index in [2.05, 4.69) is 5.18 Å². The first-order chi connectivity index (χ1) is 5.40. The van der Waals surface area contributed by atoms with E-state index >= 15 is 0 Å². The van der Waals surface area contributed by atoms with Gasteiger partial charge in [-0.3, -0.25) is 0 Å². The molecular formula is C8H9NO2. The first kappa shape index (κ1) is 6.58. The van der Waals surface area contributed by atoms with Gasteiger partial charge in [0.1, 0.15) is 6.61 Å². The lowest BCUT2D eigenvalue weighted by Gasteiger charge is -2.07. The normalized spacial score (nSPS) is 28.2. The van der Waals surface area contributed by atoms with E-state index in [1.165, 1.54) is 11.1 Å². The van der Waals surface area contributed by atoms with Gasteiger partial charge in [0.05, 0.1) is 12.3 Å². The molecule has 58 valence electrons. The van der Waals surface area contributed by atoms with E-state index in [-0.39, 0.29) is 6.04 Å². The number of ether oxygens (including phenoxy) is 1. The van der Waals surface area contributed by atoms with Gasteiger partial charge in [0.15, 0.2) is 0 Å². The van der Waals surface area contributed by atoms with Crippen LogP contribution in [0.3, 0.4) is 0 Å². The van der Waals surface area contributed by atoms with Crippen LogP contribution in [-0.4, -0.2) is 12.6 Å². The van der Waals surface area contributed by atoms with Crippen molar-refractivity contribution in [3.63, 3.8) is 0 Å². The summed E-state index contributed by atoms with van der Waals surface area (Å²) in [6, 6.07) is -0.0358. The summed E-state index contributed by atoms with van der Waals surface area (Å²) in [5.41, 5.74) is 2.50. The van der Waals surface area contributed by atoms with E-state index < -0.39 is 0 Å². The highest BCUT2D eigenvalue weighted by Gasteiger charge is 2.24. The number of hydrogen-bond donors (Lipinski definition) is 0. The van der Waals surface area contributed by atoms with Gasteiger partial charge in [-0.1, -0.05) is 5.18 Å². The number of rotatable bonds is 1. The summed E-state index contributed by atoms with van der Waals surface area (Å²) < 4.78 is 5.09. The summed E-state index contributed by atoms with van der Waals surface area (Å²) in [5.74, 6) is 0. The van der Waals surface area contributed by atoms with Gasteiger partial charge in [0, 0.05) is 0 Å². The molecule has 0 aromatic carbocycles. The van der Waals surface area contributed by atoms with Gasteiger partial charge in [-0.05, 0) is 30.1 Å². The molecule has 3 heteroatoms. The molecule has 1 heterocycles. The van der Waals surface area contributed by atoms with Crippen LogP contribution in [0.5, 0.6) is 0 Å². The Hall–Kier alpha value is -1.12. The molecule has 2 aliphatic rings. The van der Waals surface area contributed by atoms with Crippen molar-refractivity contribution in [3.05, 3.63) is 28.4 Å². The SMILES string of the molecule is O=NC1CC2=C(COC=C2)C1. The van der Waals surface area contributed by atoms with Crippen LogP contribution in [0, 0.1) is 4.91 Å². The largest absolute Gasteiger partial charge is 0.497 e. The Labute approximate surface area is 64.7 Å². The van der Waals surface area contributed by atoms with Crippen molar-refractivity contribution < 1.29 is 4.74 Å². The first-order valence-corrected chi connectivity index (χ1v) is 3.71. The predicted molar refractivity (Wildman–Crippen MR) is 40.9 cm³/mol. The van der Waals surface area contributed by atoms with Crippen molar-refractivity contribution >= 4 is 0 Å². The molecule has 0 aromatic heterocycles. The second-order valence-corrected chi connectivity index (χ2v) is 2.91. The van der Waals surface area contributed by atoms with Crippen LogP contribution in [0.25, 0.3) is 0 Å². The molecule has 0 fully saturated rings. The molecule has 0 saturated carbocycles. The summed E-state index contributed by atoms with van der Waals surface area (Å²) in [4.78, 5) is 10.2. The quantitative estimate of drug-likeness (QED) is 0.535. The van der Waals surface area contributed by atoms with Crippen LogP contribution in [-0.2, 0) is 4.74 Å². The molecule has 11 heavy (non-hydrogen) atoms. The molecule has 1 atom stereocenters. The molecule has 0 saturated heterocycles. The van der Waals surface area contributed by atoms with Crippen molar-refractivity contribution in [1.29, 1.82) is 0 Å². The van der Waals surface area contributed by atoms with Gasteiger partial charge in [-0.2, -0.15) is 4.91 Å². The highest BCUT2D eigenvalue weighted by atomic mass is 16.5. The molecule has 0 spiro atoms. The van der Waals surface area contributed by atoms with E-state index in [0.29, 0.717) is 6.61 Å². The summed E-state index contributed by atoms with van der Waals surface area (Å²) in [6.45, 7) is 0.651. The standard InChI is InChI=1S/C8H9NO2/c10-9-8-3-6-1-2-11-5-7(6)4-8/h1-2,8H,3-5H2. The number of nitrogens with zero attached hydrogens (tertiary/aromatic N) is 1. The maximum atomic E-state index is 10.2. The highest BCUT2D eigenvalue weighted by Crippen LogP contribution is 2.31. The highest BCUT2D eigenvalue weighted by molar-refractivity contribution is 5.33. The molecule has 1 aliphatic carbocycles. The minimum atomic E-state index is -0.0358. The fourth-order valence-electron chi connectivity index (χ4n) is 1.58. The molecule has 0 bridgehead atoms. The Morgan fingerprint density at radius 3 is 3.18 bits per heavy atom. The smallest absolute Gasteiger partial charge is 0.109 e. The summed E-state index contributed by atoms with van der Waals surface area (Å²) in [5, 5.41) is 3.03. The molecule has 0 radical (unpaired) electrons. The summed E-state index contributed by atoms with van der Waals surface area (Å²) >= 11 is 0. The van der Waals surface area contributed by atoms with Gasteiger partial charge in [-0.25, -0.2) is 0 Å². The van der Waals surface area contributed by atoms with Crippen LogP contribution in [0.15, 0.2) is 28.7 Å². The minimum Gasteiger partial charge on any atom is -0.497 e. The number of allylic oxidation sites excluding steroid dienone is 1. The lowest BCUT2D eigenvalue weighted by Crippen LogP contribution is -1.98. The molecule has 0 amide bonds. The Balaban J connectivity index is 2.16. The molecule has 3 nitrogen and oxygen atoms in total. The lowest BCUT2D eigenvalue weighted by molar-refractivity contribution is 0.272. The van der Waals surface area contributed by atoms with E-state index in [9.17, 15) is 4.91 Å². The van der Waals surface area contributed by atoms with E-state index in [0.717, 1.165) is 12.8 Å². The van der Waals surface area contributed by atoms with Gasteiger partial charge in [0.2, 0.25) is 0 Å². The summed E-state index contributed by atoms with van der Waals surface area (Å²) in [6.07, 6.45) is 5.22. The Bertz CT molecular complexity index is 242. The van der Waals surface area contributed by atoms with Crippen molar-refractivity contribution in [3.8, 4) is 0 Å². The average molecular weight is 151 g/mol. The van der Waals surface area contributed by atoms with E-state index in [4.69, 9.17) is 4.74 Å². The predicted octanol–water partition coefficient (Wildman–Crippen LogP) is 1.76. The van der Waals surface area contributed by atoms with Gasteiger partial charge in [-0.15, -0.1) is 0 Å². The number of nitroso groups, excluding NO2 is 1. The van der Waals surface area contributed by atoms with E-state index in [1.807, 2.05) is 6.08 Å². The number of hydrogen-bond acceptors (Lipinski definition) is 3. The molecule has 2 rings (SSSR count). The second kappa shape index (κ2) is 2.49. The molecular weight excluding hydrogens is 142 g/mol. The molecule has 1 aliphatic heterocycles. The zero-order chi connectivity index (χ0) is 7.68. The second-order valence-electron chi connectivity index (χ2n) is 2.91. The lowest BCUT2D eigenvalue weighted by atomic mass is 10.1. The summed E-state index contributed by atoms with van der Waals surface area (Å²) in [7, 11) is 0. The van der Waals surface area contributed by atoms with Crippen LogP contribution in [0.1, 0.15) is 12.8 Å². The van der Waals surface area contributed by atoms with Crippen molar-refractivity contribution in [1.82, 2.24) is 0 Å². The fourth-order valence-corrected chi connectivity index (χ4v) is 1.58. The third-order valence-corrected chi connectivity index (χ3v) is 2.16. The van der Waals surface area contributed by atoms with Crippen LogP contribution >= 0.6 is 0 Å². The molecule has 0 aromatic rings. The zero-order valence-electron chi connectivity index (χ0n) is 6.12. The van der Waals surface area contributed by atoms with Crippen LogP contribution in [0.4, 0.5) is 0 Å². The maximum absolute atomic E-state index is 10.2. The van der Waals surface area contributed by atoms with Crippen LogP contribution < -0.4 is 0 Å². The monoisotopic (exact) mass is 151 g/mol. The topological polar surface area (TPSA) is 38.7 Å². The Morgan fingerprint density at radius 2 is 2.45 bits per heavy atom. The van der Waals surface area contributed by atoms with Crippen molar-refractivity contribution in [2.45, 2.75) is 18.9 Å². The Kier molecular flexibility index (Phi) is 1.49. The maximum Gasteiger partial charge on any atom is 0.109 e. The Morgan fingerprint density at radius 1 is 1.55 bits per heavy atom. The van der Waals surface area contributed by atoms with Gasteiger partial charge in [0.25, 0.3) is 0 Å². The molecule has 0 N–H and O–H groups in total. The average Bonchev–Trinajstić information content (AvgIpc) is 2.46. The van der Waals surface area contributed by atoms with Crippen LogP contribution in [0.2, 0.25) is 0 Å². The van der Waals surface area contributed by atoms with Gasteiger partial charge >= 0.3 is 0 Å². The molecule has 1 unspecified atom stereocenters.